The van der Waals surface area contributed by atoms with Crippen molar-refractivity contribution in [3.8, 4) is 5.75 Å². The molecule has 0 heterocycles. The molecule has 1 rings (SSSR count). The zero-order valence-electron chi connectivity index (χ0n) is 9.03. The number of ether oxygens (including phenoxy) is 1. The van der Waals surface area contributed by atoms with E-state index in [1.807, 2.05) is 30.3 Å². The molecule has 3 nitrogen and oxygen atoms in total. The zero-order chi connectivity index (χ0) is 10.9. The molecule has 0 saturated heterocycles. The molecule has 0 bridgehead atoms. The highest BCUT2D eigenvalue weighted by Crippen LogP contribution is 2.09. The van der Waals surface area contributed by atoms with Crippen LogP contribution >= 0.6 is 0 Å². The summed E-state index contributed by atoms with van der Waals surface area (Å²) in [4.78, 5) is 10.9. The highest BCUT2D eigenvalue weighted by molar-refractivity contribution is 5.75. The van der Waals surface area contributed by atoms with Crippen LogP contribution in [0.2, 0.25) is 0 Å². The first kappa shape index (κ1) is 11.6. The molecule has 0 aliphatic rings. The molecule has 0 aliphatic carbocycles. The summed E-state index contributed by atoms with van der Waals surface area (Å²) >= 11 is 0. The lowest BCUT2D eigenvalue weighted by Crippen LogP contribution is -2.17. The van der Waals surface area contributed by atoms with Crippen molar-refractivity contribution in [2.75, 3.05) is 13.7 Å². The molecule has 3 heteroatoms. The van der Waals surface area contributed by atoms with Gasteiger partial charge in [0.2, 0.25) is 5.91 Å². The van der Waals surface area contributed by atoms with Gasteiger partial charge >= 0.3 is 0 Å². The van der Waals surface area contributed by atoms with Gasteiger partial charge in [-0.25, -0.2) is 0 Å². The van der Waals surface area contributed by atoms with Crippen LogP contribution in [0.25, 0.3) is 0 Å². The second kappa shape index (κ2) is 6.87. The van der Waals surface area contributed by atoms with Crippen LogP contribution in [-0.4, -0.2) is 19.6 Å². The summed E-state index contributed by atoms with van der Waals surface area (Å²) in [5, 5.41) is 2.59. The first-order chi connectivity index (χ1) is 7.33. The normalized spacial score (nSPS) is 9.67. The molecule has 1 aromatic carbocycles. The summed E-state index contributed by atoms with van der Waals surface area (Å²) in [6.45, 7) is 0.668. The Hall–Kier alpha value is -1.51. The summed E-state index contributed by atoms with van der Waals surface area (Å²) in [7, 11) is 1.66. The Balaban J connectivity index is 2.05. The zero-order valence-corrected chi connectivity index (χ0v) is 9.03. The first-order valence-electron chi connectivity index (χ1n) is 5.21. The average Bonchev–Trinajstić information content (AvgIpc) is 2.29. The van der Waals surface area contributed by atoms with Gasteiger partial charge in [-0.3, -0.25) is 4.79 Å². The monoisotopic (exact) mass is 207 g/mol. The maximum absolute atomic E-state index is 10.9. The summed E-state index contributed by atoms with van der Waals surface area (Å²) < 4.78 is 5.49. The van der Waals surface area contributed by atoms with Gasteiger partial charge in [0.05, 0.1) is 6.61 Å². The summed E-state index contributed by atoms with van der Waals surface area (Å²) in [6.07, 6.45) is 2.35. The Bertz CT molecular complexity index is 285. The van der Waals surface area contributed by atoms with Gasteiger partial charge in [-0.1, -0.05) is 18.2 Å². The third-order valence-corrected chi connectivity index (χ3v) is 2.09. The van der Waals surface area contributed by atoms with Gasteiger partial charge in [-0.05, 0) is 25.0 Å². The summed E-state index contributed by atoms with van der Waals surface area (Å²) in [5.74, 6) is 0.979. The van der Waals surface area contributed by atoms with E-state index < -0.39 is 0 Å². The fraction of sp³-hybridized carbons (Fsp3) is 0.417. The second-order valence-corrected chi connectivity index (χ2v) is 3.29. The van der Waals surface area contributed by atoms with Crippen LogP contribution in [0.5, 0.6) is 5.75 Å². The molecular weight excluding hydrogens is 190 g/mol. The van der Waals surface area contributed by atoms with Crippen molar-refractivity contribution >= 4 is 5.91 Å². The van der Waals surface area contributed by atoms with Crippen LogP contribution in [0.4, 0.5) is 0 Å². The third-order valence-electron chi connectivity index (χ3n) is 2.09. The predicted octanol–water partition coefficient (Wildman–Crippen LogP) is 1.98. The van der Waals surface area contributed by atoms with Crippen molar-refractivity contribution in [1.29, 1.82) is 0 Å². The topological polar surface area (TPSA) is 38.3 Å². The second-order valence-electron chi connectivity index (χ2n) is 3.29. The van der Waals surface area contributed by atoms with Gasteiger partial charge in [-0.2, -0.15) is 0 Å². The number of para-hydroxylation sites is 1. The Morgan fingerprint density at radius 3 is 2.67 bits per heavy atom. The number of rotatable bonds is 6. The minimum Gasteiger partial charge on any atom is -0.494 e. The van der Waals surface area contributed by atoms with Gasteiger partial charge in [0.1, 0.15) is 5.75 Å². The van der Waals surface area contributed by atoms with Crippen LogP contribution in [0.3, 0.4) is 0 Å². The SMILES string of the molecule is CNC(=O)CCCCOc1ccccc1. The van der Waals surface area contributed by atoms with Crippen molar-refractivity contribution in [2.24, 2.45) is 0 Å². The number of carbonyl (C=O) groups is 1. The Labute approximate surface area is 90.4 Å². The molecule has 0 aromatic heterocycles. The number of amides is 1. The van der Waals surface area contributed by atoms with Crippen molar-refractivity contribution in [3.05, 3.63) is 30.3 Å². The lowest BCUT2D eigenvalue weighted by Gasteiger charge is -2.05. The summed E-state index contributed by atoms with van der Waals surface area (Å²) in [5.41, 5.74) is 0. The van der Waals surface area contributed by atoms with Crippen molar-refractivity contribution in [2.45, 2.75) is 19.3 Å². The molecule has 0 aliphatic heterocycles. The van der Waals surface area contributed by atoms with E-state index in [1.54, 1.807) is 7.05 Å². The van der Waals surface area contributed by atoms with E-state index in [-0.39, 0.29) is 5.91 Å². The fourth-order valence-electron chi connectivity index (χ4n) is 1.22. The Kier molecular flexibility index (Phi) is 5.30. The molecule has 0 spiro atoms. The Morgan fingerprint density at radius 2 is 2.00 bits per heavy atom. The molecule has 15 heavy (non-hydrogen) atoms. The molecule has 1 amide bonds. The molecule has 0 saturated carbocycles. The smallest absolute Gasteiger partial charge is 0.219 e. The highest BCUT2D eigenvalue weighted by Gasteiger charge is 1.97. The lowest BCUT2D eigenvalue weighted by molar-refractivity contribution is -0.120. The van der Waals surface area contributed by atoms with E-state index >= 15 is 0 Å². The first-order valence-corrected chi connectivity index (χ1v) is 5.21. The number of nitrogens with one attached hydrogen (secondary N) is 1. The third kappa shape index (κ3) is 5.05. The van der Waals surface area contributed by atoms with Crippen molar-refractivity contribution < 1.29 is 9.53 Å². The fourth-order valence-corrected chi connectivity index (χ4v) is 1.22. The number of unbranched alkanes of at least 4 members (excludes halogenated alkanes) is 1. The molecule has 1 N–H and O–H groups in total. The number of benzene rings is 1. The molecular formula is C12H17NO2. The lowest BCUT2D eigenvalue weighted by atomic mass is 10.2. The predicted molar refractivity (Wildman–Crippen MR) is 59.9 cm³/mol. The van der Waals surface area contributed by atoms with Crippen LogP contribution in [0, 0.1) is 0 Å². The average molecular weight is 207 g/mol. The molecule has 0 fully saturated rings. The van der Waals surface area contributed by atoms with E-state index in [0.29, 0.717) is 13.0 Å². The van der Waals surface area contributed by atoms with Gasteiger partial charge in [0.25, 0.3) is 0 Å². The van der Waals surface area contributed by atoms with E-state index in [1.165, 1.54) is 0 Å². The van der Waals surface area contributed by atoms with Gasteiger partial charge < -0.3 is 10.1 Å². The number of hydrogen-bond acceptors (Lipinski definition) is 2. The quantitative estimate of drug-likeness (QED) is 0.724. The minimum atomic E-state index is 0.0923. The van der Waals surface area contributed by atoms with Crippen LogP contribution in [0.15, 0.2) is 30.3 Å². The van der Waals surface area contributed by atoms with Gasteiger partial charge in [0, 0.05) is 13.5 Å². The maximum atomic E-state index is 10.9. The minimum absolute atomic E-state index is 0.0923. The van der Waals surface area contributed by atoms with E-state index in [4.69, 9.17) is 4.74 Å². The van der Waals surface area contributed by atoms with Crippen LogP contribution in [-0.2, 0) is 4.79 Å². The van der Waals surface area contributed by atoms with E-state index in [2.05, 4.69) is 5.32 Å². The standard InChI is InChI=1S/C12H17NO2/c1-13-12(14)9-5-6-10-15-11-7-3-2-4-8-11/h2-4,7-8H,5-6,9-10H2,1H3,(H,13,14). The van der Waals surface area contributed by atoms with E-state index in [0.717, 1.165) is 18.6 Å². The number of carbonyl (C=O) groups excluding carboxylic acids is 1. The maximum Gasteiger partial charge on any atom is 0.219 e. The van der Waals surface area contributed by atoms with Crippen molar-refractivity contribution in [3.63, 3.8) is 0 Å². The molecule has 0 unspecified atom stereocenters. The molecule has 1 aromatic rings. The highest BCUT2D eigenvalue weighted by atomic mass is 16.5. The Morgan fingerprint density at radius 1 is 1.27 bits per heavy atom. The van der Waals surface area contributed by atoms with Gasteiger partial charge in [-0.15, -0.1) is 0 Å². The number of hydrogen-bond donors (Lipinski definition) is 1. The van der Waals surface area contributed by atoms with Gasteiger partial charge in [0.15, 0.2) is 0 Å². The van der Waals surface area contributed by atoms with Crippen LogP contribution in [0.1, 0.15) is 19.3 Å². The summed E-state index contributed by atoms with van der Waals surface area (Å²) in [6, 6.07) is 9.70. The van der Waals surface area contributed by atoms with E-state index in [9.17, 15) is 4.79 Å². The van der Waals surface area contributed by atoms with Crippen molar-refractivity contribution in [1.82, 2.24) is 5.32 Å². The largest absolute Gasteiger partial charge is 0.494 e. The molecule has 0 radical (unpaired) electrons. The molecule has 82 valence electrons. The molecule has 0 atom stereocenters. The van der Waals surface area contributed by atoms with Crippen LogP contribution < -0.4 is 10.1 Å².